The second-order valence-electron chi connectivity index (χ2n) is 11.9. The van der Waals surface area contributed by atoms with E-state index in [0.29, 0.717) is 19.6 Å². The summed E-state index contributed by atoms with van der Waals surface area (Å²) in [5.74, 6) is 0.394. The second-order valence-corrected chi connectivity index (χ2v) is 11.9. The zero-order valence-corrected chi connectivity index (χ0v) is 21.6. The van der Waals surface area contributed by atoms with Crippen LogP contribution in [0.1, 0.15) is 81.1 Å². The smallest absolute Gasteiger partial charge is 0.410 e. The predicted molar refractivity (Wildman–Crippen MR) is 126 cm³/mol. The van der Waals surface area contributed by atoms with E-state index in [9.17, 15) is 14.4 Å². The van der Waals surface area contributed by atoms with Gasteiger partial charge in [-0.25, -0.2) is 4.79 Å². The van der Waals surface area contributed by atoms with Gasteiger partial charge in [0.25, 0.3) is 0 Å². The number of hydrogen-bond acceptors (Lipinski definition) is 4. The number of hydrogen-bond donors (Lipinski definition) is 0. The van der Waals surface area contributed by atoms with Gasteiger partial charge in [-0.3, -0.25) is 9.59 Å². The van der Waals surface area contributed by atoms with Crippen molar-refractivity contribution in [3.8, 4) is 0 Å². The molecule has 32 heavy (non-hydrogen) atoms. The number of piperidine rings is 2. The van der Waals surface area contributed by atoms with Crippen molar-refractivity contribution in [2.24, 2.45) is 17.3 Å². The third-order valence-electron chi connectivity index (χ3n) is 6.24. The molecule has 0 aromatic rings. The van der Waals surface area contributed by atoms with E-state index in [1.807, 2.05) is 65.2 Å². The summed E-state index contributed by atoms with van der Waals surface area (Å²) in [7, 11) is 0. The van der Waals surface area contributed by atoms with Gasteiger partial charge in [0.05, 0.1) is 5.92 Å². The van der Waals surface area contributed by atoms with Gasteiger partial charge in [0.15, 0.2) is 0 Å². The van der Waals surface area contributed by atoms with Crippen molar-refractivity contribution in [3.05, 3.63) is 0 Å². The summed E-state index contributed by atoms with van der Waals surface area (Å²) in [6, 6.07) is 0.0336. The van der Waals surface area contributed by atoms with Crippen molar-refractivity contribution in [1.29, 1.82) is 0 Å². The van der Waals surface area contributed by atoms with Crippen LogP contribution in [0.3, 0.4) is 0 Å². The first-order valence-corrected chi connectivity index (χ1v) is 12.3. The van der Waals surface area contributed by atoms with Crippen LogP contribution in [-0.2, 0) is 14.3 Å². The van der Waals surface area contributed by atoms with Crippen molar-refractivity contribution < 1.29 is 19.1 Å². The van der Waals surface area contributed by atoms with Crippen LogP contribution in [0.2, 0.25) is 0 Å². The fraction of sp³-hybridized carbons (Fsp3) is 0.880. The van der Waals surface area contributed by atoms with Crippen LogP contribution in [0, 0.1) is 17.3 Å². The molecule has 0 bridgehead atoms. The largest absolute Gasteiger partial charge is 0.444 e. The van der Waals surface area contributed by atoms with Crippen LogP contribution in [0.4, 0.5) is 4.79 Å². The third kappa shape index (κ3) is 7.38. The van der Waals surface area contributed by atoms with Gasteiger partial charge in [-0.2, -0.15) is 0 Å². The van der Waals surface area contributed by atoms with Crippen LogP contribution in [-0.4, -0.2) is 77.0 Å². The Morgan fingerprint density at radius 3 is 2.09 bits per heavy atom. The number of carbonyl (C=O) groups excluding carboxylic acids is 3. The average molecular weight is 452 g/mol. The topological polar surface area (TPSA) is 70.2 Å². The highest BCUT2D eigenvalue weighted by Crippen LogP contribution is 2.27. The first-order valence-electron chi connectivity index (χ1n) is 12.3. The van der Waals surface area contributed by atoms with E-state index in [4.69, 9.17) is 4.74 Å². The molecule has 0 aromatic heterocycles. The number of rotatable bonds is 4. The molecular weight excluding hydrogens is 406 g/mol. The Bertz CT molecular complexity index is 678. The Hall–Kier alpha value is -1.79. The van der Waals surface area contributed by atoms with E-state index in [2.05, 4.69) is 0 Å². The number of likely N-dealkylation sites (tertiary alicyclic amines) is 2. The lowest BCUT2D eigenvalue weighted by molar-refractivity contribution is -0.146. The molecule has 2 fully saturated rings. The van der Waals surface area contributed by atoms with E-state index in [1.54, 1.807) is 4.90 Å². The van der Waals surface area contributed by atoms with Crippen molar-refractivity contribution in [1.82, 2.24) is 14.7 Å². The number of carbonyl (C=O) groups is 3. The maximum absolute atomic E-state index is 13.3. The van der Waals surface area contributed by atoms with Gasteiger partial charge in [0.1, 0.15) is 5.60 Å². The molecule has 2 heterocycles. The molecular formula is C25H45N3O4. The molecule has 2 saturated heterocycles. The molecule has 3 amide bonds. The van der Waals surface area contributed by atoms with Crippen molar-refractivity contribution in [2.45, 2.75) is 92.7 Å². The van der Waals surface area contributed by atoms with E-state index in [0.717, 1.165) is 38.8 Å². The first kappa shape index (κ1) is 26.5. The molecule has 2 rings (SSSR count). The van der Waals surface area contributed by atoms with Gasteiger partial charge < -0.3 is 19.4 Å². The molecule has 7 nitrogen and oxygen atoms in total. The van der Waals surface area contributed by atoms with E-state index >= 15 is 0 Å². The van der Waals surface area contributed by atoms with E-state index in [-0.39, 0.29) is 35.8 Å². The summed E-state index contributed by atoms with van der Waals surface area (Å²) in [5, 5.41) is 0. The fourth-order valence-electron chi connectivity index (χ4n) is 4.60. The van der Waals surface area contributed by atoms with Gasteiger partial charge in [-0.1, -0.05) is 20.8 Å². The molecule has 0 N–H and O–H groups in total. The summed E-state index contributed by atoms with van der Waals surface area (Å²) in [6.45, 7) is 18.7. The fourth-order valence-corrected chi connectivity index (χ4v) is 4.60. The highest BCUT2D eigenvalue weighted by atomic mass is 16.6. The molecule has 0 aliphatic carbocycles. The maximum atomic E-state index is 13.3. The van der Waals surface area contributed by atoms with Crippen LogP contribution in [0.25, 0.3) is 0 Å². The third-order valence-corrected chi connectivity index (χ3v) is 6.24. The summed E-state index contributed by atoms with van der Waals surface area (Å²) < 4.78 is 5.60. The van der Waals surface area contributed by atoms with Gasteiger partial charge in [0, 0.05) is 44.2 Å². The Balaban J connectivity index is 1.99. The van der Waals surface area contributed by atoms with E-state index in [1.165, 1.54) is 0 Å². The lowest BCUT2D eigenvalue weighted by Gasteiger charge is -2.41. The van der Waals surface area contributed by atoms with E-state index < -0.39 is 11.0 Å². The normalized spacial score (nSPS) is 22.7. The standard InChI is InChI=1S/C25H45N3O4/c1-18(2)28(23(31)32-25(6,7)8)16-19-11-9-13-26(15-19)21(29)20-12-10-14-27(17-20)22(30)24(3,4)5/h18-20H,9-17H2,1-8H3. The number of ether oxygens (including phenoxy) is 1. The second kappa shape index (κ2) is 10.4. The molecule has 2 aliphatic rings. The van der Waals surface area contributed by atoms with Crippen molar-refractivity contribution in [3.63, 3.8) is 0 Å². The molecule has 0 spiro atoms. The Labute approximate surface area is 194 Å². The minimum absolute atomic E-state index is 0.0336. The number of amides is 3. The molecule has 0 radical (unpaired) electrons. The molecule has 2 aliphatic heterocycles. The Morgan fingerprint density at radius 1 is 0.938 bits per heavy atom. The zero-order chi connectivity index (χ0) is 24.3. The average Bonchev–Trinajstić information content (AvgIpc) is 2.69. The van der Waals surface area contributed by atoms with Gasteiger partial charge >= 0.3 is 6.09 Å². The first-order chi connectivity index (χ1) is 14.7. The predicted octanol–water partition coefficient (Wildman–Crippen LogP) is 4.16. The van der Waals surface area contributed by atoms with Crippen LogP contribution < -0.4 is 0 Å². The quantitative estimate of drug-likeness (QED) is 0.644. The minimum atomic E-state index is -0.532. The minimum Gasteiger partial charge on any atom is -0.444 e. The number of nitrogens with zero attached hydrogens (tertiary/aromatic N) is 3. The summed E-state index contributed by atoms with van der Waals surface area (Å²) in [4.78, 5) is 44.4. The van der Waals surface area contributed by atoms with Crippen LogP contribution in [0.15, 0.2) is 0 Å². The molecule has 2 unspecified atom stereocenters. The SMILES string of the molecule is CC(C)N(CC1CCCN(C(=O)C2CCCN(C(=O)C(C)(C)C)C2)C1)C(=O)OC(C)(C)C. The lowest BCUT2D eigenvalue weighted by atomic mass is 9.89. The van der Waals surface area contributed by atoms with Crippen molar-refractivity contribution >= 4 is 17.9 Å². The maximum Gasteiger partial charge on any atom is 0.410 e. The Kier molecular flexibility index (Phi) is 8.62. The highest BCUT2D eigenvalue weighted by molar-refractivity contribution is 5.84. The van der Waals surface area contributed by atoms with Gasteiger partial charge in [0.2, 0.25) is 11.8 Å². The molecule has 0 aromatic carbocycles. The summed E-state index contributed by atoms with van der Waals surface area (Å²) in [6.07, 6.45) is 3.35. The van der Waals surface area contributed by atoms with Crippen molar-refractivity contribution in [2.75, 3.05) is 32.7 Å². The summed E-state index contributed by atoms with van der Waals surface area (Å²) in [5.41, 5.74) is -0.959. The molecule has 0 saturated carbocycles. The molecule has 7 heteroatoms. The van der Waals surface area contributed by atoms with Gasteiger partial charge in [-0.15, -0.1) is 0 Å². The van der Waals surface area contributed by atoms with Crippen LogP contribution >= 0.6 is 0 Å². The molecule has 2 atom stereocenters. The van der Waals surface area contributed by atoms with Crippen LogP contribution in [0.5, 0.6) is 0 Å². The summed E-state index contributed by atoms with van der Waals surface area (Å²) >= 11 is 0. The monoisotopic (exact) mass is 451 g/mol. The Morgan fingerprint density at radius 2 is 1.53 bits per heavy atom. The lowest BCUT2D eigenvalue weighted by Crippen LogP contribution is -2.52. The molecule has 184 valence electrons. The highest BCUT2D eigenvalue weighted by Gasteiger charge is 2.37. The van der Waals surface area contributed by atoms with Gasteiger partial charge in [-0.05, 0) is 66.2 Å². The zero-order valence-electron chi connectivity index (χ0n) is 21.6.